The van der Waals surface area contributed by atoms with Crippen molar-refractivity contribution in [2.75, 3.05) is 64.2 Å². The third kappa shape index (κ3) is 6.88. The van der Waals surface area contributed by atoms with E-state index in [-0.39, 0.29) is 36.9 Å². The molecule has 2 atom stereocenters. The van der Waals surface area contributed by atoms with Gasteiger partial charge in [-0.05, 0) is 24.1 Å². The number of fused-ring (bicyclic) bond motifs is 1. The zero-order chi connectivity index (χ0) is 28.6. The van der Waals surface area contributed by atoms with Crippen LogP contribution in [-0.2, 0) is 23.8 Å². The van der Waals surface area contributed by atoms with Crippen molar-refractivity contribution in [3.63, 3.8) is 0 Å². The second-order valence-electron chi connectivity index (χ2n) is 9.68. The first kappa shape index (κ1) is 28.6. The molecule has 5 rings (SSSR count). The maximum atomic E-state index is 12.7. The molecule has 1 amide bonds. The summed E-state index contributed by atoms with van der Waals surface area (Å²) in [4.78, 5) is 37.7. The summed E-state index contributed by atoms with van der Waals surface area (Å²) in [5.74, 6) is 0.961. The van der Waals surface area contributed by atoms with Crippen LogP contribution in [0.4, 0.5) is 17.3 Å². The van der Waals surface area contributed by atoms with Gasteiger partial charge < -0.3 is 40.2 Å². The molecule has 2 unspecified atom stereocenters. The Balaban J connectivity index is 1.47. The minimum atomic E-state index is -0.355. The number of nitrogens with zero attached hydrogens (tertiary/aromatic N) is 3. The Morgan fingerprint density at radius 2 is 1.78 bits per heavy atom. The van der Waals surface area contributed by atoms with Crippen LogP contribution in [0.1, 0.15) is 42.6 Å². The van der Waals surface area contributed by atoms with Crippen molar-refractivity contribution in [2.24, 2.45) is 0 Å². The number of morpholine rings is 2. The number of aromatic nitrogens is 3. The number of carbonyl (C=O) groups excluding carboxylic acids is 2. The number of methoxy groups -OCH3 is 2. The first-order chi connectivity index (χ1) is 20.1. The minimum Gasteiger partial charge on any atom is -0.494 e. The van der Waals surface area contributed by atoms with Crippen molar-refractivity contribution < 1.29 is 28.5 Å². The van der Waals surface area contributed by atoms with E-state index in [2.05, 4.69) is 41.0 Å². The summed E-state index contributed by atoms with van der Waals surface area (Å²) in [6.07, 6.45) is 3.53. The van der Waals surface area contributed by atoms with Crippen LogP contribution in [0.15, 0.2) is 30.7 Å². The highest BCUT2D eigenvalue weighted by molar-refractivity contribution is 5.99. The zero-order valence-corrected chi connectivity index (χ0v) is 23.2. The highest BCUT2D eigenvalue weighted by Gasteiger charge is 2.29. The number of hydrogen-bond donors (Lipinski definition) is 4. The highest BCUT2D eigenvalue weighted by atomic mass is 16.5. The van der Waals surface area contributed by atoms with Gasteiger partial charge in [0, 0.05) is 62.2 Å². The van der Waals surface area contributed by atoms with E-state index in [0.717, 1.165) is 24.2 Å². The minimum absolute atomic E-state index is 0.139. The van der Waals surface area contributed by atoms with Crippen LogP contribution in [0.3, 0.4) is 0 Å². The molecule has 3 aromatic rings. The number of amides is 1. The van der Waals surface area contributed by atoms with Gasteiger partial charge in [-0.15, -0.1) is 0 Å². The summed E-state index contributed by atoms with van der Waals surface area (Å²) in [5.41, 5.74) is 3.00. The van der Waals surface area contributed by atoms with Gasteiger partial charge in [-0.2, -0.15) is 0 Å². The number of benzene rings is 1. The molecule has 41 heavy (non-hydrogen) atoms. The lowest BCUT2D eigenvalue weighted by Crippen LogP contribution is -2.37. The monoisotopic (exact) mass is 565 g/mol. The molecular weight excluding hydrogens is 530 g/mol. The maximum Gasteiger partial charge on any atom is 0.305 e. The number of hydrogen-bond acceptors (Lipinski definition) is 12. The summed E-state index contributed by atoms with van der Waals surface area (Å²) in [6.45, 7) is 4.13. The smallest absolute Gasteiger partial charge is 0.305 e. The van der Waals surface area contributed by atoms with Crippen LogP contribution < -0.4 is 26.0 Å². The number of anilines is 3. The molecule has 13 nitrogen and oxygen atoms in total. The summed E-state index contributed by atoms with van der Waals surface area (Å²) < 4.78 is 22.4. The Kier molecular flexibility index (Phi) is 9.51. The van der Waals surface area contributed by atoms with Crippen LogP contribution in [0.5, 0.6) is 5.75 Å². The van der Waals surface area contributed by atoms with Gasteiger partial charge in [0.15, 0.2) is 0 Å². The third-order valence-electron chi connectivity index (χ3n) is 7.03. The predicted molar refractivity (Wildman–Crippen MR) is 151 cm³/mol. The van der Waals surface area contributed by atoms with Crippen molar-refractivity contribution in [3.05, 3.63) is 41.9 Å². The second-order valence-corrected chi connectivity index (χ2v) is 9.68. The zero-order valence-electron chi connectivity index (χ0n) is 23.2. The lowest BCUT2D eigenvalue weighted by atomic mass is 9.97. The number of nitrogens with one attached hydrogen (secondary N) is 4. The van der Waals surface area contributed by atoms with E-state index >= 15 is 0 Å². The first-order valence-electron chi connectivity index (χ1n) is 13.7. The molecule has 218 valence electrons. The fraction of sp³-hybridized carbons (Fsp3) is 0.464. The van der Waals surface area contributed by atoms with E-state index in [9.17, 15) is 9.59 Å². The molecule has 2 fully saturated rings. The lowest BCUT2D eigenvalue weighted by Gasteiger charge is -2.31. The van der Waals surface area contributed by atoms with Gasteiger partial charge in [0.2, 0.25) is 5.91 Å². The molecule has 2 saturated heterocycles. The molecule has 0 aliphatic carbocycles. The van der Waals surface area contributed by atoms with Crippen LogP contribution in [0.25, 0.3) is 10.9 Å². The third-order valence-corrected chi connectivity index (χ3v) is 7.03. The van der Waals surface area contributed by atoms with Gasteiger partial charge in [0.05, 0.1) is 50.8 Å². The van der Waals surface area contributed by atoms with Crippen LogP contribution in [0.2, 0.25) is 0 Å². The second kappa shape index (κ2) is 13.6. The molecule has 2 aromatic heterocycles. The molecule has 1 aromatic carbocycles. The number of pyridine rings is 1. The molecule has 0 bridgehead atoms. The number of ether oxygens (including phenoxy) is 4. The normalized spacial score (nSPS) is 19.0. The molecule has 2 aliphatic heterocycles. The quantitative estimate of drug-likeness (QED) is 0.266. The van der Waals surface area contributed by atoms with Crippen LogP contribution >= 0.6 is 0 Å². The van der Waals surface area contributed by atoms with Crippen molar-refractivity contribution >= 4 is 40.1 Å². The first-order valence-corrected chi connectivity index (χ1v) is 13.7. The summed E-state index contributed by atoms with van der Waals surface area (Å²) in [6, 6.07) is 5.49. The highest BCUT2D eigenvalue weighted by Crippen LogP contribution is 2.37. The molecule has 2 aliphatic rings. The maximum absolute atomic E-state index is 12.7. The Labute approximate surface area is 237 Å². The fourth-order valence-corrected chi connectivity index (χ4v) is 4.99. The molecule has 13 heteroatoms. The van der Waals surface area contributed by atoms with Gasteiger partial charge in [0.25, 0.3) is 0 Å². The Bertz CT molecular complexity index is 1380. The molecular formula is C28H35N7O6. The van der Waals surface area contributed by atoms with E-state index in [1.165, 1.54) is 20.5 Å². The molecule has 4 heterocycles. The van der Waals surface area contributed by atoms with E-state index < -0.39 is 0 Å². The number of rotatable bonds is 10. The average Bonchev–Trinajstić information content (AvgIpc) is 3.01. The fourth-order valence-electron chi connectivity index (χ4n) is 4.99. The van der Waals surface area contributed by atoms with Crippen molar-refractivity contribution in [2.45, 2.75) is 31.5 Å². The largest absolute Gasteiger partial charge is 0.494 e. The average molecular weight is 566 g/mol. The van der Waals surface area contributed by atoms with E-state index in [0.29, 0.717) is 66.7 Å². The lowest BCUT2D eigenvalue weighted by molar-refractivity contribution is -0.140. The van der Waals surface area contributed by atoms with Crippen molar-refractivity contribution in [3.8, 4) is 5.75 Å². The van der Waals surface area contributed by atoms with Crippen LogP contribution in [-0.4, -0.2) is 80.4 Å². The molecule has 0 saturated carbocycles. The van der Waals surface area contributed by atoms with Crippen LogP contribution in [0, 0.1) is 0 Å². The number of carbonyl (C=O) groups is 2. The molecule has 0 spiro atoms. The van der Waals surface area contributed by atoms with Gasteiger partial charge in [-0.1, -0.05) is 0 Å². The SMILES string of the molecule is COC(=O)CCCC(=O)Nc1cc2c(Nc3nccc(C4CNCCO4)c3C3CNCCO3)ncnc2cc1OC. The Morgan fingerprint density at radius 1 is 1.00 bits per heavy atom. The van der Waals surface area contributed by atoms with E-state index in [1.54, 1.807) is 18.3 Å². The summed E-state index contributed by atoms with van der Waals surface area (Å²) >= 11 is 0. The van der Waals surface area contributed by atoms with E-state index in [4.69, 9.17) is 14.2 Å². The van der Waals surface area contributed by atoms with Crippen molar-refractivity contribution in [1.82, 2.24) is 25.6 Å². The van der Waals surface area contributed by atoms with Gasteiger partial charge in [0.1, 0.15) is 23.7 Å². The van der Waals surface area contributed by atoms with Gasteiger partial charge in [-0.25, -0.2) is 15.0 Å². The standard InChI is InChI=1S/C28H35N7O6/c1-38-21-13-19-18(12-20(21)34-24(36)4-3-5-25(37)39-2)27(33-16-32-19)35-28-26(23-15-30-9-11-41-23)17(6-7-31-28)22-14-29-8-10-40-22/h6-7,12-13,16,22-23,29-30H,3-5,8-11,14-15H2,1-2H3,(H,34,36)(H,31,32,33,35). The van der Waals surface area contributed by atoms with Crippen molar-refractivity contribution in [1.29, 1.82) is 0 Å². The Morgan fingerprint density at radius 3 is 2.49 bits per heavy atom. The van der Waals surface area contributed by atoms with Gasteiger partial charge >= 0.3 is 5.97 Å². The molecule has 0 radical (unpaired) electrons. The predicted octanol–water partition coefficient (Wildman–Crippen LogP) is 2.38. The topological polar surface area (TPSA) is 158 Å². The molecule has 4 N–H and O–H groups in total. The summed E-state index contributed by atoms with van der Waals surface area (Å²) in [7, 11) is 2.85. The van der Waals surface area contributed by atoms with Gasteiger partial charge in [-0.3, -0.25) is 9.59 Å². The Hall–Kier alpha value is -3.91. The summed E-state index contributed by atoms with van der Waals surface area (Å²) in [5, 5.41) is 13.8. The number of esters is 1. The van der Waals surface area contributed by atoms with E-state index in [1.807, 2.05) is 6.07 Å².